The van der Waals surface area contributed by atoms with Gasteiger partial charge in [0, 0.05) is 23.5 Å². The van der Waals surface area contributed by atoms with Crippen LogP contribution in [0, 0.1) is 0 Å². The van der Waals surface area contributed by atoms with Crippen molar-refractivity contribution in [2.24, 2.45) is 0 Å². The minimum atomic E-state index is -0.414. The van der Waals surface area contributed by atoms with Crippen molar-refractivity contribution in [1.29, 1.82) is 0 Å². The van der Waals surface area contributed by atoms with Crippen molar-refractivity contribution in [1.82, 2.24) is 25.2 Å². The lowest BCUT2D eigenvalue weighted by Crippen LogP contribution is -2.30. The first kappa shape index (κ1) is 17.0. The minimum absolute atomic E-state index is 0.195. The van der Waals surface area contributed by atoms with Crippen molar-refractivity contribution in [3.63, 3.8) is 0 Å². The zero-order chi connectivity index (χ0) is 17.8. The van der Waals surface area contributed by atoms with Gasteiger partial charge in [-0.15, -0.1) is 0 Å². The quantitative estimate of drug-likeness (QED) is 0.662. The highest BCUT2D eigenvalue weighted by molar-refractivity contribution is 6.35. The molecule has 1 aromatic carbocycles. The van der Waals surface area contributed by atoms with Gasteiger partial charge in [0.1, 0.15) is 0 Å². The van der Waals surface area contributed by atoms with E-state index in [0.717, 1.165) is 0 Å². The van der Waals surface area contributed by atoms with Crippen molar-refractivity contribution >= 4 is 35.1 Å². The normalized spacial score (nSPS) is 10.4. The van der Waals surface area contributed by atoms with Crippen LogP contribution in [0.1, 0.15) is 10.4 Å². The highest BCUT2D eigenvalue weighted by Crippen LogP contribution is 2.24. The third-order valence-corrected chi connectivity index (χ3v) is 3.67. The number of anilines is 1. The average Bonchev–Trinajstić information content (AvgIpc) is 3.09. The molecule has 3 aromatic rings. The van der Waals surface area contributed by atoms with Crippen molar-refractivity contribution in [3.05, 3.63) is 58.5 Å². The monoisotopic (exact) mass is 378 g/mol. The Morgan fingerprint density at radius 3 is 2.88 bits per heavy atom. The maximum Gasteiger partial charge on any atom is 0.272 e. The van der Waals surface area contributed by atoms with E-state index in [1.54, 1.807) is 30.5 Å². The fourth-order valence-electron chi connectivity index (χ4n) is 1.94. The van der Waals surface area contributed by atoms with Crippen molar-refractivity contribution in [2.45, 2.75) is 0 Å². The molecule has 0 bridgehead atoms. The molecule has 3 rings (SSSR count). The molecule has 25 heavy (non-hydrogen) atoms. The number of hydrogen-bond donors (Lipinski definition) is 2. The number of nitrogens with zero attached hydrogens (tertiary/aromatic N) is 4. The summed E-state index contributed by atoms with van der Waals surface area (Å²) in [6.07, 6.45) is 4.45. The number of aromatic nitrogens is 4. The van der Waals surface area contributed by atoms with Gasteiger partial charge in [0.25, 0.3) is 5.91 Å². The van der Waals surface area contributed by atoms with Gasteiger partial charge in [0.2, 0.25) is 11.8 Å². The standard InChI is InChI=1S/C15H12Cl2N6O2/c1-25-13-4-5-18-15(20-13)22-21-14(24)9-7-19-23(8-9)12-3-2-10(16)6-11(12)17/h2-8H,1H3,(H,21,24)(H,18,20,22). The Hall–Kier alpha value is -2.84. The van der Waals surface area contributed by atoms with Crippen LogP contribution in [0.25, 0.3) is 5.69 Å². The van der Waals surface area contributed by atoms with Crippen LogP contribution >= 0.6 is 23.2 Å². The molecule has 128 valence electrons. The van der Waals surface area contributed by atoms with Gasteiger partial charge in [-0.2, -0.15) is 10.1 Å². The molecule has 8 nitrogen and oxygen atoms in total. The van der Waals surface area contributed by atoms with Crippen molar-refractivity contribution in [2.75, 3.05) is 12.5 Å². The van der Waals surface area contributed by atoms with E-state index in [1.165, 1.54) is 24.2 Å². The highest BCUT2D eigenvalue weighted by Gasteiger charge is 2.11. The molecular weight excluding hydrogens is 367 g/mol. The topological polar surface area (TPSA) is 94.0 Å². The highest BCUT2D eigenvalue weighted by atomic mass is 35.5. The van der Waals surface area contributed by atoms with Crippen LogP contribution in [0.3, 0.4) is 0 Å². The van der Waals surface area contributed by atoms with E-state index < -0.39 is 5.91 Å². The molecule has 1 amide bonds. The van der Waals surface area contributed by atoms with E-state index in [-0.39, 0.29) is 5.95 Å². The first-order chi connectivity index (χ1) is 12.1. The maximum absolute atomic E-state index is 12.2. The van der Waals surface area contributed by atoms with Crippen LogP contribution in [0.5, 0.6) is 5.88 Å². The second kappa shape index (κ2) is 7.37. The molecule has 2 aromatic heterocycles. The van der Waals surface area contributed by atoms with Crippen molar-refractivity contribution < 1.29 is 9.53 Å². The molecule has 0 aliphatic heterocycles. The summed E-state index contributed by atoms with van der Waals surface area (Å²) in [5.74, 6) is 0.153. The second-order valence-electron chi connectivity index (χ2n) is 4.77. The average molecular weight is 379 g/mol. The van der Waals surface area contributed by atoms with Gasteiger partial charge in [0.05, 0.1) is 29.6 Å². The van der Waals surface area contributed by atoms with Gasteiger partial charge < -0.3 is 4.74 Å². The van der Waals surface area contributed by atoms with Gasteiger partial charge in [-0.05, 0) is 18.2 Å². The largest absolute Gasteiger partial charge is 0.481 e. The van der Waals surface area contributed by atoms with Crippen LogP contribution < -0.4 is 15.6 Å². The summed E-state index contributed by atoms with van der Waals surface area (Å²) in [4.78, 5) is 20.2. The van der Waals surface area contributed by atoms with Crippen LogP contribution in [0.2, 0.25) is 10.0 Å². The van der Waals surface area contributed by atoms with Gasteiger partial charge in [-0.25, -0.2) is 9.67 Å². The number of methoxy groups -OCH3 is 1. The molecule has 0 atom stereocenters. The summed E-state index contributed by atoms with van der Waals surface area (Å²) < 4.78 is 6.46. The van der Waals surface area contributed by atoms with E-state index in [2.05, 4.69) is 25.9 Å². The number of ether oxygens (including phenoxy) is 1. The molecular formula is C15H12Cl2N6O2. The van der Waals surface area contributed by atoms with E-state index in [9.17, 15) is 4.79 Å². The minimum Gasteiger partial charge on any atom is -0.481 e. The predicted octanol–water partition coefficient (Wildman–Crippen LogP) is 2.73. The number of halogens is 2. The number of hydrazine groups is 1. The van der Waals surface area contributed by atoms with Crippen LogP contribution in [-0.4, -0.2) is 32.8 Å². The molecule has 0 saturated heterocycles. The number of amides is 1. The zero-order valence-electron chi connectivity index (χ0n) is 12.9. The summed E-state index contributed by atoms with van der Waals surface area (Å²) in [6.45, 7) is 0. The molecule has 0 aliphatic carbocycles. The molecule has 0 fully saturated rings. The van der Waals surface area contributed by atoms with Crippen molar-refractivity contribution in [3.8, 4) is 11.6 Å². The molecule has 0 radical (unpaired) electrons. The Kier molecular flexibility index (Phi) is 5.01. The lowest BCUT2D eigenvalue weighted by atomic mass is 10.3. The summed E-state index contributed by atoms with van der Waals surface area (Å²) in [6, 6.07) is 6.59. The van der Waals surface area contributed by atoms with E-state index in [1.807, 2.05) is 0 Å². The summed E-state index contributed by atoms with van der Waals surface area (Å²) in [7, 11) is 1.49. The first-order valence-electron chi connectivity index (χ1n) is 7.00. The first-order valence-corrected chi connectivity index (χ1v) is 7.76. The number of carbonyl (C=O) groups excluding carboxylic acids is 1. The predicted molar refractivity (Wildman–Crippen MR) is 93.3 cm³/mol. The lowest BCUT2D eigenvalue weighted by molar-refractivity contribution is 0.0962. The number of carbonyl (C=O) groups is 1. The Balaban J connectivity index is 1.70. The van der Waals surface area contributed by atoms with E-state index in [4.69, 9.17) is 27.9 Å². The Bertz CT molecular complexity index is 915. The third-order valence-electron chi connectivity index (χ3n) is 3.13. The SMILES string of the molecule is COc1ccnc(NNC(=O)c2cnn(-c3ccc(Cl)cc3Cl)c2)n1. The fourth-order valence-corrected chi connectivity index (χ4v) is 2.43. The van der Waals surface area contributed by atoms with Gasteiger partial charge in [-0.3, -0.25) is 15.6 Å². The molecule has 2 heterocycles. The third kappa shape index (κ3) is 3.98. The zero-order valence-corrected chi connectivity index (χ0v) is 14.4. The molecule has 0 unspecified atom stereocenters. The Morgan fingerprint density at radius 2 is 2.12 bits per heavy atom. The van der Waals surface area contributed by atoms with Gasteiger partial charge in [-0.1, -0.05) is 23.2 Å². The molecule has 0 spiro atoms. The number of hydrogen-bond acceptors (Lipinski definition) is 6. The fraction of sp³-hybridized carbons (Fsp3) is 0.0667. The summed E-state index contributed by atoms with van der Waals surface area (Å²) in [5, 5.41) is 5.07. The van der Waals surface area contributed by atoms with E-state index in [0.29, 0.717) is 27.2 Å². The van der Waals surface area contributed by atoms with Crippen LogP contribution in [0.15, 0.2) is 42.9 Å². The lowest BCUT2D eigenvalue weighted by Gasteiger charge is -2.06. The van der Waals surface area contributed by atoms with Gasteiger partial charge >= 0.3 is 0 Å². The van der Waals surface area contributed by atoms with Crippen LogP contribution in [0.4, 0.5) is 5.95 Å². The number of benzene rings is 1. The smallest absolute Gasteiger partial charge is 0.272 e. The molecule has 10 heteroatoms. The molecule has 0 aliphatic rings. The molecule has 2 N–H and O–H groups in total. The van der Waals surface area contributed by atoms with E-state index >= 15 is 0 Å². The maximum atomic E-state index is 12.2. The second-order valence-corrected chi connectivity index (χ2v) is 5.61. The summed E-state index contributed by atoms with van der Waals surface area (Å²) >= 11 is 12.0. The van der Waals surface area contributed by atoms with Crippen LogP contribution in [-0.2, 0) is 0 Å². The van der Waals surface area contributed by atoms with Gasteiger partial charge in [0.15, 0.2) is 0 Å². The Labute approximate surface area is 152 Å². The number of rotatable bonds is 5. The molecule has 0 saturated carbocycles. The summed E-state index contributed by atoms with van der Waals surface area (Å²) in [5.41, 5.74) is 6.01. The Morgan fingerprint density at radius 1 is 1.28 bits per heavy atom. The number of nitrogens with one attached hydrogen (secondary N) is 2.